The van der Waals surface area contributed by atoms with E-state index in [1.807, 2.05) is 20.8 Å². The third-order valence-corrected chi connectivity index (χ3v) is 3.11. The van der Waals surface area contributed by atoms with Crippen LogP contribution in [0, 0.1) is 0 Å². The highest BCUT2D eigenvalue weighted by molar-refractivity contribution is 5.48. The molecule has 1 aromatic heterocycles. The van der Waals surface area contributed by atoms with Crippen LogP contribution in [0.1, 0.15) is 32.0 Å². The number of nitrogens with one attached hydrogen (secondary N) is 1. The van der Waals surface area contributed by atoms with Crippen molar-refractivity contribution in [2.24, 2.45) is 0 Å². The van der Waals surface area contributed by atoms with Gasteiger partial charge in [-0.1, -0.05) is 26.8 Å². The molecule has 2 aromatic rings. The number of alkyl halides is 3. The summed E-state index contributed by atoms with van der Waals surface area (Å²) in [6.45, 7) is 5.56. The third-order valence-electron chi connectivity index (χ3n) is 3.11. The van der Waals surface area contributed by atoms with Crippen LogP contribution in [0.4, 0.5) is 18.9 Å². The lowest BCUT2D eigenvalue weighted by Crippen LogP contribution is -2.17. The largest absolute Gasteiger partial charge is 0.416 e. The predicted octanol–water partition coefficient (Wildman–Crippen LogP) is 3.06. The van der Waals surface area contributed by atoms with Crippen LogP contribution >= 0.6 is 0 Å². The van der Waals surface area contributed by atoms with E-state index in [1.165, 1.54) is 12.1 Å². The van der Waals surface area contributed by atoms with E-state index in [2.05, 4.69) is 5.10 Å². The summed E-state index contributed by atoms with van der Waals surface area (Å²) in [6.07, 6.45) is -4.47. The lowest BCUT2D eigenvalue weighted by Gasteiger charge is -2.16. The summed E-state index contributed by atoms with van der Waals surface area (Å²) in [5, 5.41) is 2.80. The van der Waals surface area contributed by atoms with Gasteiger partial charge in [-0.05, 0) is 18.2 Å². The first kappa shape index (κ1) is 15.2. The van der Waals surface area contributed by atoms with Crippen molar-refractivity contribution in [1.29, 1.82) is 0 Å². The smallest absolute Gasteiger partial charge is 0.393 e. The summed E-state index contributed by atoms with van der Waals surface area (Å²) >= 11 is 0. The molecular weight excluding hydrogens is 283 g/mol. The average Bonchev–Trinajstić information content (AvgIpc) is 2.65. The van der Waals surface area contributed by atoms with E-state index >= 15 is 0 Å². The molecule has 0 saturated heterocycles. The fourth-order valence-electron chi connectivity index (χ4n) is 2.03. The van der Waals surface area contributed by atoms with Crippen molar-refractivity contribution in [3.05, 3.63) is 45.9 Å². The zero-order valence-electron chi connectivity index (χ0n) is 11.9. The highest BCUT2D eigenvalue weighted by Gasteiger charge is 2.31. The Hall–Kier alpha value is -2.18. The lowest BCUT2D eigenvalue weighted by atomic mass is 9.91. The molecule has 4 nitrogen and oxygen atoms in total. The van der Waals surface area contributed by atoms with Crippen LogP contribution in [0.3, 0.4) is 0 Å². The molecule has 0 unspecified atom stereocenters. The number of halogens is 3. The maximum atomic E-state index is 12.7. The van der Waals surface area contributed by atoms with Crippen molar-refractivity contribution in [2.75, 3.05) is 5.73 Å². The van der Waals surface area contributed by atoms with Crippen molar-refractivity contribution in [1.82, 2.24) is 9.78 Å². The van der Waals surface area contributed by atoms with Gasteiger partial charge in [-0.15, -0.1) is 0 Å². The van der Waals surface area contributed by atoms with Gasteiger partial charge in [-0.25, -0.2) is 4.68 Å². The van der Waals surface area contributed by atoms with Crippen LogP contribution in [-0.4, -0.2) is 9.78 Å². The van der Waals surface area contributed by atoms with E-state index in [9.17, 15) is 18.0 Å². The molecule has 3 N–H and O–H groups in total. The number of hydrogen-bond acceptors (Lipinski definition) is 2. The van der Waals surface area contributed by atoms with Gasteiger partial charge in [-0.2, -0.15) is 13.2 Å². The van der Waals surface area contributed by atoms with Crippen molar-refractivity contribution in [3.8, 4) is 5.69 Å². The molecule has 0 fully saturated rings. The minimum absolute atomic E-state index is 0.0138. The van der Waals surface area contributed by atoms with Gasteiger partial charge >= 0.3 is 6.18 Å². The molecule has 21 heavy (non-hydrogen) atoms. The zero-order valence-corrected chi connectivity index (χ0v) is 11.9. The predicted molar refractivity (Wildman–Crippen MR) is 74.5 cm³/mol. The molecule has 0 aliphatic heterocycles. The number of aromatic nitrogens is 2. The number of H-pyrrole nitrogens is 1. The Morgan fingerprint density at radius 1 is 1.19 bits per heavy atom. The second-order valence-corrected chi connectivity index (χ2v) is 5.84. The summed E-state index contributed by atoms with van der Waals surface area (Å²) in [6, 6.07) is 4.52. The van der Waals surface area contributed by atoms with Gasteiger partial charge in [0.25, 0.3) is 5.56 Å². The maximum Gasteiger partial charge on any atom is 0.416 e. The molecule has 0 amide bonds. The average molecular weight is 299 g/mol. The van der Waals surface area contributed by atoms with Crippen LogP contribution in [-0.2, 0) is 11.6 Å². The Morgan fingerprint density at radius 2 is 1.81 bits per heavy atom. The lowest BCUT2D eigenvalue weighted by molar-refractivity contribution is -0.137. The van der Waals surface area contributed by atoms with Gasteiger partial charge in [0, 0.05) is 5.41 Å². The van der Waals surface area contributed by atoms with E-state index < -0.39 is 22.7 Å². The second kappa shape index (κ2) is 4.68. The number of nitrogen functional groups attached to an aromatic ring is 1. The Balaban J connectivity index is 2.61. The molecule has 0 atom stereocenters. The molecule has 114 valence electrons. The maximum absolute atomic E-state index is 12.7. The Labute approximate surface area is 119 Å². The minimum Gasteiger partial charge on any atom is -0.393 e. The molecule has 0 radical (unpaired) electrons. The summed E-state index contributed by atoms with van der Waals surface area (Å²) in [4.78, 5) is 12.1. The first-order valence-corrected chi connectivity index (χ1v) is 6.30. The summed E-state index contributed by atoms with van der Waals surface area (Å²) in [5.74, 6) is 0. The van der Waals surface area contributed by atoms with Crippen LogP contribution in [0.2, 0.25) is 0 Å². The molecule has 0 saturated carbocycles. The molecular formula is C14H16F3N3O. The first-order chi connectivity index (χ1) is 9.51. The summed E-state index contributed by atoms with van der Waals surface area (Å²) in [7, 11) is 0. The van der Waals surface area contributed by atoms with E-state index in [0.29, 0.717) is 5.69 Å². The summed E-state index contributed by atoms with van der Waals surface area (Å²) in [5.41, 5.74) is 4.56. The van der Waals surface area contributed by atoms with Gasteiger partial charge in [0.1, 0.15) is 5.69 Å². The number of nitrogens with two attached hydrogens (primary N) is 1. The Bertz CT molecular complexity index is 720. The van der Waals surface area contributed by atoms with E-state index in [1.54, 1.807) is 0 Å². The molecule has 0 bridgehead atoms. The van der Waals surface area contributed by atoms with E-state index in [0.717, 1.165) is 16.8 Å². The SMILES string of the molecule is CC(C)(C)c1[nH]n(-c2cccc(C(F)(F)F)c2)c(=O)c1N. The number of rotatable bonds is 1. The first-order valence-electron chi connectivity index (χ1n) is 6.30. The Kier molecular flexibility index (Phi) is 3.39. The fourth-order valence-corrected chi connectivity index (χ4v) is 2.03. The van der Waals surface area contributed by atoms with Crippen molar-refractivity contribution in [2.45, 2.75) is 32.4 Å². The highest BCUT2D eigenvalue weighted by atomic mass is 19.4. The van der Waals surface area contributed by atoms with Gasteiger partial charge in [0.05, 0.1) is 16.9 Å². The standard InChI is InChI=1S/C14H16F3N3O/c1-13(2,3)11-10(18)12(21)20(19-11)9-6-4-5-8(7-9)14(15,16)17/h4-7,19H,18H2,1-3H3. The van der Waals surface area contributed by atoms with E-state index in [-0.39, 0.29) is 11.4 Å². The van der Waals surface area contributed by atoms with Gasteiger partial charge in [-0.3, -0.25) is 9.89 Å². The van der Waals surface area contributed by atoms with Gasteiger partial charge < -0.3 is 5.73 Å². The van der Waals surface area contributed by atoms with Crippen molar-refractivity contribution < 1.29 is 13.2 Å². The van der Waals surface area contributed by atoms with Crippen LogP contribution < -0.4 is 11.3 Å². The number of hydrogen-bond donors (Lipinski definition) is 2. The molecule has 7 heteroatoms. The van der Waals surface area contributed by atoms with Crippen LogP contribution in [0.25, 0.3) is 5.69 Å². The van der Waals surface area contributed by atoms with Crippen LogP contribution in [0.15, 0.2) is 29.1 Å². The second-order valence-electron chi connectivity index (χ2n) is 5.84. The monoisotopic (exact) mass is 299 g/mol. The quantitative estimate of drug-likeness (QED) is 0.850. The zero-order chi connectivity index (χ0) is 16.0. The number of benzene rings is 1. The highest BCUT2D eigenvalue weighted by Crippen LogP contribution is 2.30. The molecule has 0 aliphatic rings. The van der Waals surface area contributed by atoms with Crippen molar-refractivity contribution in [3.63, 3.8) is 0 Å². The van der Waals surface area contributed by atoms with E-state index in [4.69, 9.17) is 5.73 Å². The fraction of sp³-hybridized carbons (Fsp3) is 0.357. The number of aromatic amines is 1. The summed E-state index contributed by atoms with van der Waals surface area (Å²) < 4.78 is 39.2. The third kappa shape index (κ3) is 2.81. The molecule has 0 aliphatic carbocycles. The van der Waals surface area contributed by atoms with Gasteiger partial charge in [0.2, 0.25) is 0 Å². The topological polar surface area (TPSA) is 63.8 Å². The molecule has 0 spiro atoms. The minimum atomic E-state index is -4.47. The molecule has 1 heterocycles. The number of anilines is 1. The van der Waals surface area contributed by atoms with Crippen LogP contribution in [0.5, 0.6) is 0 Å². The molecule has 2 rings (SSSR count). The molecule has 1 aromatic carbocycles. The van der Waals surface area contributed by atoms with Crippen molar-refractivity contribution >= 4 is 5.69 Å². The number of nitrogens with zero attached hydrogens (tertiary/aromatic N) is 1. The normalized spacial score (nSPS) is 12.7. The Morgan fingerprint density at radius 3 is 2.29 bits per heavy atom. The van der Waals surface area contributed by atoms with Gasteiger partial charge in [0.15, 0.2) is 0 Å².